The highest BCUT2D eigenvalue weighted by atomic mass is 32.2. The number of aromatic carboxylic acids is 1. The van der Waals surface area contributed by atoms with E-state index in [4.69, 9.17) is 15.2 Å². The van der Waals surface area contributed by atoms with Crippen LogP contribution < -0.4 is 16.4 Å². The molecule has 0 aliphatic carbocycles. The second-order valence-electron chi connectivity index (χ2n) is 13.8. The minimum atomic E-state index is -0.968. The Morgan fingerprint density at radius 2 is 1.45 bits per heavy atom. The van der Waals surface area contributed by atoms with Crippen molar-refractivity contribution in [3.05, 3.63) is 149 Å². The van der Waals surface area contributed by atoms with Crippen LogP contribution in [0.2, 0.25) is 0 Å². The van der Waals surface area contributed by atoms with Gasteiger partial charge in [-0.15, -0.1) is 11.8 Å². The van der Waals surface area contributed by atoms with Crippen LogP contribution in [0.15, 0.2) is 126 Å². The van der Waals surface area contributed by atoms with Crippen LogP contribution in [-0.4, -0.2) is 39.9 Å². The van der Waals surface area contributed by atoms with Gasteiger partial charge in [0.25, 0.3) is 0 Å². The van der Waals surface area contributed by atoms with E-state index in [9.17, 15) is 24.6 Å². The third kappa shape index (κ3) is 11.3. The molecular weight excluding hydrogens is 727 g/mol. The first kappa shape index (κ1) is 40.2. The maximum atomic E-state index is 12.7. The quantitative estimate of drug-likeness (QED) is 0.0354. The van der Waals surface area contributed by atoms with Crippen LogP contribution in [-0.2, 0) is 32.2 Å². The van der Waals surface area contributed by atoms with Gasteiger partial charge in [0.2, 0.25) is 11.8 Å². The fourth-order valence-corrected chi connectivity index (χ4v) is 7.63. The van der Waals surface area contributed by atoms with Crippen LogP contribution >= 0.6 is 11.8 Å². The van der Waals surface area contributed by atoms with E-state index in [0.717, 1.165) is 39.8 Å². The zero-order valence-electron chi connectivity index (χ0n) is 31.1. The number of carbonyl (C=O) groups excluding carboxylic acids is 2. The number of carbonyl (C=O) groups is 3. The summed E-state index contributed by atoms with van der Waals surface area (Å²) in [6.45, 7) is 0.346. The first-order valence-corrected chi connectivity index (χ1v) is 19.8. The van der Waals surface area contributed by atoms with Crippen LogP contribution in [0.4, 0.5) is 11.4 Å². The summed E-state index contributed by atoms with van der Waals surface area (Å²) in [4.78, 5) is 37.4. The van der Waals surface area contributed by atoms with Gasteiger partial charge in [-0.3, -0.25) is 9.59 Å². The molecule has 1 heterocycles. The lowest BCUT2D eigenvalue weighted by molar-refractivity contribution is -0.245. The second kappa shape index (κ2) is 19.9. The van der Waals surface area contributed by atoms with Crippen molar-refractivity contribution in [1.29, 1.82) is 0 Å². The van der Waals surface area contributed by atoms with Gasteiger partial charge in [-0.05, 0) is 77.1 Å². The molecule has 1 saturated heterocycles. The summed E-state index contributed by atoms with van der Waals surface area (Å²) >= 11 is 1.46. The average Bonchev–Trinajstić information content (AvgIpc) is 3.23. The van der Waals surface area contributed by atoms with Gasteiger partial charge in [0.05, 0.1) is 35.8 Å². The van der Waals surface area contributed by atoms with Crippen LogP contribution in [0, 0.1) is 0 Å². The van der Waals surface area contributed by atoms with E-state index in [1.54, 1.807) is 24.3 Å². The van der Waals surface area contributed by atoms with Gasteiger partial charge < -0.3 is 36.1 Å². The lowest BCUT2D eigenvalue weighted by Gasteiger charge is -2.36. The van der Waals surface area contributed by atoms with Crippen molar-refractivity contribution in [3.8, 4) is 11.1 Å². The number of hydrogen-bond acceptors (Lipinski definition) is 8. The largest absolute Gasteiger partial charge is 0.478 e. The Bertz CT molecular complexity index is 2110. The summed E-state index contributed by atoms with van der Waals surface area (Å²) in [5, 5.41) is 25.1. The van der Waals surface area contributed by atoms with Crippen molar-refractivity contribution < 1.29 is 34.1 Å². The fraction of sp³-hybridized carbons (Fsp3) is 0.267. The molecule has 0 spiro atoms. The predicted octanol–water partition coefficient (Wildman–Crippen LogP) is 8.67. The summed E-state index contributed by atoms with van der Waals surface area (Å²) in [6.07, 6.45) is 2.27. The summed E-state index contributed by atoms with van der Waals surface area (Å²) in [5.74, 6) is -0.564. The molecule has 1 aliphatic heterocycles. The van der Waals surface area contributed by atoms with Gasteiger partial charge in [0.15, 0.2) is 6.29 Å². The Hall–Kier alpha value is -5.46. The number of para-hydroxylation sites is 2. The Morgan fingerprint density at radius 1 is 0.732 bits per heavy atom. The van der Waals surface area contributed by atoms with Crippen molar-refractivity contribution in [1.82, 2.24) is 5.32 Å². The van der Waals surface area contributed by atoms with Crippen molar-refractivity contribution in [3.63, 3.8) is 0 Å². The van der Waals surface area contributed by atoms with Gasteiger partial charge in [-0.25, -0.2) is 4.79 Å². The molecule has 6 rings (SSSR count). The van der Waals surface area contributed by atoms with E-state index in [-0.39, 0.29) is 36.2 Å². The number of anilines is 2. The van der Waals surface area contributed by atoms with Crippen molar-refractivity contribution in [2.45, 2.75) is 75.1 Å². The molecule has 3 unspecified atom stereocenters. The van der Waals surface area contributed by atoms with E-state index in [1.807, 2.05) is 84.9 Å². The van der Waals surface area contributed by atoms with Crippen LogP contribution in [0.25, 0.3) is 11.1 Å². The third-order valence-electron chi connectivity index (χ3n) is 9.61. The topological polar surface area (TPSA) is 160 Å². The average molecular weight is 774 g/mol. The van der Waals surface area contributed by atoms with Crippen LogP contribution in [0.3, 0.4) is 0 Å². The number of aliphatic hydroxyl groups excluding tert-OH is 1. The first-order valence-electron chi connectivity index (χ1n) is 18.8. The highest BCUT2D eigenvalue weighted by Gasteiger charge is 2.32. The Morgan fingerprint density at radius 3 is 2.21 bits per heavy atom. The maximum Gasteiger partial charge on any atom is 0.336 e. The molecular formula is C45H47N3O7S. The lowest BCUT2D eigenvalue weighted by atomic mass is 9.99. The summed E-state index contributed by atoms with van der Waals surface area (Å²) in [6, 6.07) is 37.9. The van der Waals surface area contributed by atoms with Crippen LogP contribution in [0.5, 0.6) is 0 Å². The van der Waals surface area contributed by atoms with Gasteiger partial charge in [-0.2, -0.15) is 0 Å². The van der Waals surface area contributed by atoms with Gasteiger partial charge in [0.1, 0.15) is 0 Å². The zero-order chi connectivity index (χ0) is 39.3. The molecule has 10 nitrogen and oxygen atoms in total. The van der Waals surface area contributed by atoms with Crippen molar-refractivity contribution >= 4 is 40.9 Å². The molecule has 11 heteroatoms. The summed E-state index contributed by atoms with van der Waals surface area (Å²) in [7, 11) is 0. The second-order valence-corrected chi connectivity index (χ2v) is 14.8. The molecule has 0 saturated carbocycles. The molecule has 290 valence electrons. The third-order valence-corrected chi connectivity index (χ3v) is 10.8. The molecule has 0 bridgehead atoms. The molecule has 0 radical (unpaired) electrons. The van der Waals surface area contributed by atoms with E-state index in [0.29, 0.717) is 60.7 Å². The number of hydrogen-bond donors (Lipinski definition) is 5. The Labute approximate surface area is 331 Å². The number of amides is 2. The number of ether oxygens (including phenoxy) is 2. The van der Waals surface area contributed by atoms with E-state index >= 15 is 0 Å². The molecule has 3 atom stereocenters. The maximum absolute atomic E-state index is 12.7. The monoisotopic (exact) mass is 773 g/mol. The number of aliphatic hydroxyl groups is 1. The number of thioether (sulfide) groups is 1. The SMILES string of the molecule is Nc1ccccc1NC(=O)CCCCCC(=O)NCc1cccc(-c2cccc(C3OC(CSc4ccccc4C(=O)O)CC(c4ccc(CO)cc4)O3)c2)c1. The fourth-order valence-electron chi connectivity index (χ4n) is 6.56. The minimum absolute atomic E-state index is 0.0368. The predicted molar refractivity (Wildman–Crippen MR) is 219 cm³/mol. The summed E-state index contributed by atoms with van der Waals surface area (Å²) < 4.78 is 13.1. The van der Waals surface area contributed by atoms with E-state index in [1.165, 1.54) is 11.8 Å². The van der Waals surface area contributed by atoms with Crippen LogP contribution in [0.1, 0.15) is 83.5 Å². The number of carboxylic acid groups (broad SMARTS) is 1. The zero-order valence-corrected chi connectivity index (χ0v) is 31.9. The number of nitrogen functional groups attached to an aromatic ring is 1. The molecule has 1 aliphatic rings. The Balaban J connectivity index is 1.05. The van der Waals surface area contributed by atoms with Gasteiger partial charge >= 0.3 is 5.97 Å². The molecule has 5 aromatic rings. The molecule has 5 aromatic carbocycles. The number of rotatable bonds is 17. The molecule has 1 fully saturated rings. The standard InChI is InChI=1S/C45H47N3O7S/c46-38-15-5-6-16-39(38)48-43(51)19-3-1-2-18-42(50)47-27-31-10-8-11-33(24-31)34-12-9-13-35(25-34)45-54-36(29-56-41-17-7-4-14-37(41)44(52)53)26-40(55-45)32-22-20-30(28-49)21-23-32/h4-17,20-25,36,40,45,49H,1-3,18-19,26-29,46H2,(H,47,50)(H,48,51)(H,52,53). The van der Waals surface area contributed by atoms with Crippen molar-refractivity contribution in [2.75, 3.05) is 16.8 Å². The van der Waals surface area contributed by atoms with E-state index in [2.05, 4.69) is 22.8 Å². The van der Waals surface area contributed by atoms with Gasteiger partial charge in [0, 0.05) is 42.0 Å². The Kier molecular flexibility index (Phi) is 14.3. The number of nitrogens with two attached hydrogens (primary N) is 1. The lowest BCUT2D eigenvalue weighted by Crippen LogP contribution is -2.31. The smallest absolute Gasteiger partial charge is 0.336 e. The number of nitrogens with one attached hydrogen (secondary N) is 2. The number of unbranched alkanes of at least 4 members (excludes halogenated alkanes) is 2. The summed E-state index contributed by atoms with van der Waals surface area (Å²) in [5.41, 5.74) is 12.9. The molecule has 2 amide bonds. The van der Waals surface area contributed by atoms with Crippen molar-refractivity contribution in [2.24, 2.45) is 0 Å². The highest BCUT2D eigenvalue weighted by molar-refractivity contribution is 7.99. The molecule has 6 N–H and O–H groups in total. The number of benzene rings is 5. The number of carboxylic acids is 1. The molecule has 0 aromatic heterocycles. The van der Waals surface area contributed by atoms with E-state index < -0.39 is 12.3 Å². The normalized spacial score (nSPS) is 16.6. The minimum Gasteiger partial charge on any atom is -0.478 e. The van der Waals surface area contributed by atoms with Gasteiger partial charge in [-0.1, -0.05) is 91.3 Å². The molecule has 56 heavy (non-hydrogen) atoms. The first-order chi connectivity index (χ1) is 27.2. The highest BCUT2D eigenvalue weighted by Crippen LogP contribution is 2.40.